The van der Waals surface area contributed by atoms with Crippen molar-refractivity contribution in [2.24, 2.45) is 7.05 Å². The minimum absolute atomic E-state index is 0.585. The van der Waals surface area contributed by atoms with Gasteiger partial charge >= 0.3 is 0 Å². The molecule has 17 heavy (non-hydrogen) atoms. The third kappa shape index (κ3) is 2.72. The molecular formula is C12H22N4O. The third-order valence-corrected chi connectivity index (χ3v) is 3.25. The van der Waals surface area contributed by atoms with Gasteiger partial charge in [-0.2, -0.15) is 5.10 Å². The van der Waals surface area contributed by atoms with Crippen molar-refractivity contribution in [2.45, 2.75) is 25.8 Å². The fraction of sp³-hybridized carbons (Fsp3) is 0.750. The van der Waals surface area contributed by atoms with Crippen LogP contribution in [0.2, 0.25) is 0 Å². The molecule has 1 atom stereocenters. The molecule has 5 heteroatoms. The molecular weight excluding hydrogens is 216 g/mol. The van der Waals surface area contributed by atoms with Crippen molar-refractivity contribution in [1.82, 2.24) is 15.1 Å². The fourth-order valence-electron chi connectivity index (χ4n) is 2.36. The maximum absolute atomic E-state index is 5.25. The molecule has 0 amide bonds. The summed E-state index contributed by atoms with van der Waals surface area (Å²) >= 11 is 0. The first kappa shape index (κ1) is 12.2. The lowest BCUT2D eigenvalue weighted by Crippen LogP contribution is -2.50. The minimum Gasteiger partial charge on any atom is -0.481 e. The van der Waals surface area contributed by atoms with Crippen LogP contribution in [0.25, 0.3) is 0 Å². The van der Waals surface area contributed by atoms with E-state index in [0.29, 0.717) is 6.04 Å². The number of aryl methyl sites for hydroxylation is 1. The average Bonchev–Trinajstić information content (AvgIpc) is 2.71. The third-order valence-electron chi connectivity index (χ3n) is 3.25. The highest BCUT2D eigenvalue weighted by atomic mass is 16.5. The van der Waals surface area contributed by atoms with E-state index in [9.17, 15) is 0 Å². The van der Waals surface area contributed by atoms with Crippen LogP contribution in [0.1, 0.15) is 19.8 Å². The lowest BCUT2D eigenvalue weighted by atomic mass is 10.1. The van der Waals surface area contributed by atoms with Gasteiger partial charge in [-0.3, -0.25) is 0 Å². The van der Waals surface area contributed by atoms with Crippen LogP contribution in [0.3, 0.4) is 0 Å². The van der Waals surface area contributed by atoms with Crippen LogP contribution >= 0.6 is 0 Å². The predicted octanol–water partition coefficient (Wildman–Crippen LogP) is 1.01. The first-order valence-corrected chi connectivity index (χ1v) is 6.31. The molecule has 0 spiro atoms. The largest absolute Gasteiger partial charge is 0.481 e. The van der Waals surface area contributed by atoms with Gasteiger partial charge in [0.2, 0.25) is 5.88 Å². The zero-order valence-electron chi connectivity index (χ0n) is 10.9. The first-order valence-electron chi connectivity index (χ1n) is 6.31. The summed E-state index contributed by atoms with van der Waals surface area (Å²) in [5.74, 6) is 1.83. The second kappa shape index (κ2) is 5.40. The summed E-state index contributed by atoms with van der Waals surface area (Å²) in [6.45, 7) is 5.31. The zero-order valence-corrected chi connectivity index (χ0v) is 10.9. The van der Waals surface area contributed by atoms with Crippen LogP contribution in [-0.4, -0.2) is 42.6 Å². The highest BCUT2D eigenvalue weighted by Crippen LogP contribution is 2.21. The number of hydrogen-bond acceptors (Lipinski definition) is 4. The summed E-state index contributed by atoms with van der Waals surface area (Å²) in [4.78, 5) is 2.33. The van der Waals surface area contributed by atoms with E-state index in [2.05, 4.69) is 22.2 Å². The number of methoxy groups -OCH3 is 1. The molecule has 5 nitrogen and oxygen atoms in total. The highest BCUT2D eigenvalue weighted by molar-refractivity contribution is 5.42. The van der Waals surface area contributed by atoms with E-state index in [1.165, 1.54) is 12.8 Å². The van der Waals surface area contributed by atoms with Gasteiger partial charge in [0.1, 0.15) is 0 Å². The van der Waals surface area contributed by atoms with E-state index in [0.717, 1.165) is 31.3 Å². The number of rotatable bonds is 4. The maximum atomic E-state index is 5.25. The van der Waals surface area contributed by atoms with E-state index in [4.69, 9.17) is 4.74 Å². The van der Waals surface area contributed by atoms with Crippen LogP contribution in [0.15, 0.2) is 6.07 Å². The van der Waals surface area contributed by atoms with Crippen LogP contribution in [0.4, 0.5) is 5.82 Å². The second-order valence-corrected chi connectivity index (χ2v) is 4.55. The Morgan fingerprint density at radius 3 is 3.06 bits per heavy atom. The normalized spacial score (nSPS) is 20.6. The Morgan fingerprint density at radius 2 is 2.41 bits per heavy atom. The molecule has 0 aliphatic carbocycles. The Labute approximate surface area is 103 Å². The smallest absolute Gasteiger partial charge is 0.213 e. The molecule has 96 valence electrons. The average molecular weight is 238 g/mol. The van der Waals surface area contributed by atoms with E-state index in [-0.39, 0.29) is 0 Å². The second-order valence-electron chi connectivity index (χ2n) is 4.55. The minimum atomic E-state index is 0.585. The Kier molecular flexibility index (Phi) is 3.89. The van der Waals surface area contributed by atoms with Crippen LogP contribution in [0, 0.1) is 0 Å². The van der Waals surface area contributed by atoms with Gasteiger partial charge in [0.25, 0.3) is 0 Å². The topological polar surface area (TPSA) is 42.3 Å². The number of nitrogens with one attached hydrogen (secondary N) is 1. The molecule has 1 aliphatic heterocycles. The summed E-state index contributed by atoms with van der Waals surface area (Å²) in [5, 5.41) is 8.04. The molecule has 2 rings (SSSR count). The fourth-order valence-corrected chi connectivity index (χ4v) is 2.36. The molecule has 0 bridgehead atoms. The number of ether oxygens (including phenoxy) is 1. The molecule has 0 saturated carbocycles. The number of piperazine rings is 1. The molecule has 1 aliphatic rings. The Morgan fingerprint density at radius 1 is 1.59 bits per heavy atom. The molecule has 2 heterocycles. The molecule has 1 aromatic rings. The van der Waals surface area contributed by atoms with Crippen molar-refractivity contribution in [3.63, 3.8) is 0 Å². The number of nitrogens with zero attached hydrogens (tertiary/aromatic N) is 3. The van der Waals surface area contributed by atoms with Gasteiger partial charge in [0, 0.05) is 38.8 Å². The molecule has 0 radical (unpaired) electrons. The number of aromatic nitrogens is 2. The van der Waals surface area contributed by atoms with Crippen LogP contribution in [-0.2, 0) is 7.05 Å². The standard InChI is InChI=1S/C12H22N4O/c1-4-5-10-9-16(7-6-13-10)11-8-12(17-3)15(2)14-11/h8,10,13H,4-7,9H2,1-3H3. The molecule has 1 saturated heterocycles. The lowest BCUT2D eigenvalue weighted by molar-refractivity contribution is 0.373. The molecule has 1 unspecified atom stereocenters. The Balaban J connectivity index is 2.05. The summed E-state index contributed by atoms with van der Waals surface area (Å²) < 4.78 is 7.03. The summed E-state index contributed by atoms with van der Waals surface area (Å²) in [7, 11) is 3.59. The molecule has 1 N–H and O–H groups in total. The van der Waals surface area contributed by atoms with Gasteiger partial charge < -0.3 is 15.0 Å². The van der Waals surface area contributed by atoms with Crippen molar-refractivity contribution in [2.75, 3.05) is 31.6 Å². The summed E-state index contributed by atoms with van der Waals surface area (Å²) in [5.41, 5.74) is 0. The highest BCUT2D eigenvalue weighted by Gasteiger charge is 2.21. The van der Waals surface area contributed by atoms with Crippen molar-refractivity contribution in [1.29, 1.82) is 0 Å². The van der Waals surface area contributed by atoms with E-state index in [1.807, 2.05) is 13.1 Å². The van der Waals surface area contributed by atoms with E-state index >= 15 is 0 Å². The zero-order chi connectivity index (χ0) is 12.3. The molecule has 0 aromatic carbocycles. The first-order chi connectivity index (χ1) is 8.24. The number of hydrogen-bond donors (Lipinski definition) is 1. The van der Waals surface area contributed by atoms with Gasteiger partial charge in [-0.25, -0.2) is 4.68 Å². The summed E-state index contributed by atoms with van der Waals surface area (Å²) in [6, 6.07) is 2.59. The van der Waals surface area contributed by atoms with Crippen LogP contribution in [0.5, 0.6) is 5.88 Å². The van der Waals surface area contributed by atoms with E-state index < -0.39 is 0 Å². The van der Waals surface area contributed by atoms with Gasteiger partial charge in [-0.05, 0) is 6.42 Å². The lowest BCUT2D eigenvalue weighted by Gasteiger charge is -2.33. The van der Waals surface area contributed by atoms with Gasteiger partial charge in [0.05, 0.1) is 7.11 Å². The predicted molar refractivity (Wildman–Crippen MR) is 68.7 cm³/mol. The SMILES string of the molecule is CCCC1CN(c2cc(OC)n(C)n2)CCN1. The van der Waals surface area contributed by atoms with Crippen molar-refractivity contribution in [3.8, 4) is 5.88 Å². The monoisotopic (exact) mass is 238 g/mol. The Bertz CT molecular complexity index is 361. The number of anilines is 1. The van der Waals surface area contributed by atoms with Crippen molar-refractivity contribution >= 4 is 5.82 Å². The van der Waals surface area contributed by atoms with Crippen molar-refractivity contribution in [3.05, 3.63) is 6.07 Å². The molecule has 1 aromatic heterocycles. The summed E-state index contributed by atoms with van der Waals surface area (Å²) in [6.07, 6.45) is 2.44. The van der Waals surface area contributed by atoms with Gasteiger partial charge in [0.15, 0.2) is 5.82 Å². The van der Waals surface area contributed by atoms with E-state index in [1.54, 1.807) is 11.8 Å². The van der Waals surface area contributed by atoms with Gasteiger partial charge in [-0.1, -0.05) is 13.3 Å². The van der Waals surface area contributed by atoms with Gasteiger partial charge in [-0.15, -0.1) is 0 Å². The quantitative estimate of drug-likeness (QED) is 0.850. The Hall–Kier alpha value is -1.23. The maximum Gasteiger partial charge on any atom is 0.213 e. The molecule has 1 fully saturated rings. The van der Waals surface area contributed by atoms with Crippen LogP contribution < -0.4 is 15.0 Å². The van der Waals surface area contributed by atoms with Crippen molar-refractivity contribution < 1.29 is 4.74 Å².